The Hall–Kier alpha value is -3.62. The van der Waals surface area contributed by atoms with Gasteiger partial charge in [-0.1, -0.05) is 188 Å². The summed E-state index contributed by atoms with van der Waals surface area (Å²) < 4.78 is 0. The Balaban J connectivity index is 1.33. The first-order valence-electron chi connectivity index (χ1n) is 26.8. The van der Waals surface area contributed by atoms with Crippen LogP contribution in [0, 0.1) is 11.8 Å². The van der Waals surface area contributed by atoms with E-state index in [9.17, 15) is 9.59 Å². The van der Waals surface area contributed by atoms with E-state index in [1.165, 1.54) is 138 Å². The summed E-state index contributed by atoms with van der Waals surface area (Å²) in [5.74, 6) is -0.754. The molecule has 4 aromatic rings. The molecule has 0 unspecified atom stereocenters. The SMILES string of the molecule is CCCCCCCCC(CCCCCCCC)CN1C(=O)c2ccc3c4c(c(-c5ccc(-c6cccs6)s5)cc(c24)C1=O)C(=O)N(CC(CCCCCCCC)CCCCCCCC)C3=O. The summed E-state index contributed by atoms with van der Waals surface area (Å²) in [5, 5.41) is 3.04. The van der Waals surface area contributed by atoms with E-state index in [0.717, 1.165) is 66.0 Å². The van der Waals surface area contributed by atoms with Crippen molar-refractivity contribution < 1.29 is 19.2 Å². The predicted molar refractivity (Wildman–Crippen MR) is 280 cm³/mol. The van der Waals surface area contributed by atoms with E-state index in [1.54, 1.807) is 34.8 Å². The molecule has 8 heteroatoms. The quantitative estimate of drug-likeness (QED) is 0.0345. The largest absolute Gasteiger partial charge is 0.274 e. The summed E-state index contributed by atoms with van der Waals surface area (Å²) in [6, 6.07) is 13.8. The van der Waals surface area contributed by atoms with Gasteiger partial charge in [-0.3, -0.25) is 29.0 Å². The molecule has 0 N–H and O–H groups in total. The fourth-order valence-corrected chi connectivity index (χ4v) is 12.5. The Morgan fingerprint density at radius 1 is 0.409 bits per heavy atom. The van der Waals surface area contributed by atoms with Crippen LogP contribution in [-0.4, -0.2) is 46.5 Å². The molecule has 0 atom stereocenters. The lowest BCUT2D eigenvalue weighted by Gasteiger charge is -2.35. The predicted octanol–water partition coefficient (Wildman–Crippen LogP) is 17.7. The molecule has 2 aliphatic rings. The van der Waals surface area contributed by atoms with Crippen LogP contribution in [0.3, 0.4) is 0 Å². The van der Waals surface area contributed by atoms with Gasteiger partial charge in [-0.25, -0.2) is 0 Å². The van der Waals surface area contributed by atoms with Crippen LogP contribution in [0.5, 0.6) is 0 Å². The van der Waals surface area contributed by atoms with Gasteiger partial charge in [0.15, 0.2) is 0 Å². The van der Waals surface area contributed by atoms with Crippen LogP contribution in [0.25, 0.3) is 31.0 Å². The fraction of sp³-hybridized carbons (Fsp3) is 0.621. The van der Waals surface area contributed by atoms with Gasteiger partial charge in [0.2, 0.25) is 0 Å². The molecule has 2 aromatic carbocycles. The number of benzene rings is 2. The highest BCUT2D eigenvalue weighted by Crippen LogP contribution is 2.46. The molecule has 0 bridgehead atoms. The summed E-state index contributed by atoms with van der Waals surface area (Å²) >= 11 is 3.30. The summed E-state index contributed by atoms with van der Waals surface area (Å²) in [6.45, 7) is 9.78. The maximum Gasteiger partial charge on any atom is 0.262 e. The first-order valence-corrected chi connectivity index (χ1v) is 28.5. The monoisotopic (exact) mass is 935 g/mol. The molecule has 0 aliphatic carbocycles. The molecular formula is C58H82N2O4S2. The molecule has 360 valence electrons. The molecule has 4 heterocycles. The maximum absolute atomic E-state index is 15.3. The number of amides is 4. The van der Waals surface area contributed by atoms with Gasteiger partial charge in [0.05, 0.1) is 5.56 Å². The van der Waals surface area contributed by atoms with Crippen LogP contribution in [0.15, 0.2) is 47.8 Å². The van der Waals surface area contributed by atoms with Crippen molar-refractivity contribution in [3.8, 4) is 20.2 Å². The van der Waals surface area contributed by atoms with E-state index in [0.29, 0.717) is 51.7 Å². The van der Waals surface area contributed by atoms with Gasteiger partial charge in [-0.05, 0) is 79.3 Å². The standard InChI is InChI=1S/C58H82N2O4S2/c1-5-9-13-17-21-25-30-43(31-26-22-18-14-10-6-2)41-59-55(61)45-35-36-46-53-52(45)48(57(59)63)40-47(49-37-38-51(66-49)50-34-29-39-65-50)54(53)58(64)60(56(46)62)42-44(32-27-23-19-15-11-7-3)33-28-24-20-16-12-8-4/h29,34-40,43-44H,5-28,30-33,41-42H2,1-4H3. The Kier molecular flexibility index (Phi) is 21.5. The minimum atomic E-state index is -0.302. The molecule has 6 rings (SSSR count). The van der Waals surface area contributed by atoms with Crippen molar-refractivity contribution in [3.63, 3.8) is 0 Å². The molecule has 66 heavy (non-hydrogen) atoms. The number of carbonyl (C=O) groups is 4. The fourth-order valence-electron chi connectivity index (χ4n) is 10.7. The van der Waals surface area contributed by atoms with Crippen molar-refractivity contribution in [2.45, 2.75) is 207 Å². The van der Waals surface area contributed by atoms with Gasteiger partial charge in [-0.15, -0.1) is 22.7 Å². The molecule has 6 nitrogen and oxygen atoms in total. The molecule has 0 saturated carbocycles. The van der Waals surface area contributed by atoms with Crippen LogP contribution in [-0.2, 0) is 0 Å². The third-order valence-electron chi connectivity index (χ3n) is 14.5. The average molecular weight is 935 g/mol. The Morgan fingerprint density at radius 3 is 1.27 bits per heavy atom. The lowest BCUT2D eigenvalue weighted by Crippen LogP contribution is -2.46. The van der Waals surface area contributed by atoms with Crippen LogP contribution in [0.2, 0.25) is 0 Å². The zero-order valence-corrected chi connectivity index (χ0v) is 43.0. The highest BCUT2D eigenvalue weighted by molar-refractivity contribution is 7.23. The third kappa shape index (κ3) is 13.5. The topological polar surface area (TPSA) is 74.8 Å². The summed E-state index contributed by atoms with van der Waals surface area (Å²) in [7, 11) is 0. The lowest BCUT2D eigenvalue weighted by molar-refractivity contribution is 0.0557. The van der Waals surface area contributed by atoms with Gasteiger partial charge in [0, 0.05) is 60.7 Å². The number of imide groups is 2. The van der Waals surface area contributed by atoms with Crippen molar-refractivity contribution in [2.24, 2.45) is 11.8 Å². The molecule has 2 aromatic heterocycles. The van der Waals surface area contributed by atoms with Crippen LogP contribution in [0.4, 0.5) is 0 Å². The van der Waals surface area contributed by atoms with Crippen molar-refractivity contribution in [2.75, 3.05) is 13.1 Å². The van der Waals surface area contributed by atoms with Gasteiger partial charge in [0.1, 0.15) is 0 Å². The van der Waals surface area contributed by atoms with Crippen molar-refractivity contribution in [3.05, 3.63) is 70.1 Å². The van der Waals surface area contributed by atoms with Gasteiger partial charge in [0.25, 0.3) is 23.6 Å². The Labute approximate surface area is 406 Å². The molecule has 4 amide bonds. The molecular weight excluding hydrogens is 853 g/mol. The zero-order chi connectivity index (χ0) is 46.7. The minimum Gasteiger partial charge on any atom is -0.274 e. The van der Waals surface area contributed by atoms with E-state index in [1.807, 2.05) is 12.1 Å². The number of carbonyl (C=O) groups excluding carboxylic acids is 4. The highest BCUT2D eigenvalue weighted by atomic mass is 32.1. The minimum absolute atomic E-state index is 0.220. The van der Waals surface area contributed by atoms with E-state index < -0.39 is 0 Å². The smallest absolute Gasteiger partial charge is 0.262 e. The van der Waals surface area contributed by atoms with Gasteiger partial charge in [-0.2, -0.15) is 0 Å². The number of thiophene rings is 2. The molecule has 0 radical (unpaired) electrons. The van der Waals surface area contributed by atoms with Gasteiger partial charge >= 0.3 is 0 Å². The van der Waals surface area contributed by atoms with E-state index in [-0.39, 0.29) is 35.5 Å². The summed E-state index contributed by atoms with van der Waals surface area (Å²) in [5.41, 5.74) is 2.44. The Morgan fingerprint density at radius 2 is 0.818 bits per heavy atom. The third-order valence-corrected chi connectivity index (χ3v) is 16.7. The zero-order valence-electron chi connectivity index (χ0n) is 41.3. The summed E-state index contributed by atoms with van der Waals surface area (Å²) in [6.07, 6.45) is 33.0. The van der Waals surface area contributed by atoms with E-state index >= 15 is 9.59 Å². The summed E-state index contributed by atoms with van der Waals surface area (Å²) in [4.78, 5) is 66.1. The number of nitrogens with zero attached hydrogens (tertiary/aromatic N) is 2. The van der Waals surface area contributed by atoms with E-state index in [2.05, 4.69) is 51.3 Å². The van der Waals surface area contributed by atoms with Crippen LogP contribution in [0.1, 0.15) is 249 Å². The maximum atomic E-state index is 15.3. The van der Waals surface area contributed by atoms with Crippen molar-refractivity contribution in [1.82, 2.24) is 9.80 Å². The van der Waals surface area contributed by atoms with Crippen LogP contribution >= 0.6 is 22.7 Å². The van der Waals surface area contributed by atoms with Crippen molar-refractivity contribution in [1.29, 1.82) is 0 Å². The Bertz CT molecular complexity index is 2120. The molecule has 2 aliphatic heterocycles. The second kappa shape index (κ2) is 27.4. The average Bonchev–Trinajstić information content (AvgIpc) is 4.05. The normalized spacial score (nSPS) is 13.8. The molecule has 0 spiro atoms. The first kappa shape index (κ1) is 51.8. The van der Waals surface area contributed by atoms with Crippen LogP contribution < -0.4 is 0 Å². The highest BCUT2D eigenvalue weighted by Gasteiger charge is 2.42. The molecule has 0 fully saturated rings. The number of unbranched alkanes of at least 4 members (excludes halogenated alkanes) is 20. The molecule has 0 saturated heterocycles. The van der Waals surface area contributed by atoms with E-state index in [4.69, 9.17) is 0 Å². The second-order valence-electron chi connectivity index (χ2n) is 19.8. The first-order chi connectivity index (χ1) is 32.3. The van der Waals surface area contributed by atoms with Crippen molar-refractivity contribution >= 4 is 57.1 Å². The second-order valence-corrected chi connectivity index (χ2v) is 21.8. The number of rotatable bonds is 34. The number of hydrogen-bond donors (Lipinski definition) is 0. The number of hydrogen-bond acceptors (Lipinski definition) is 6. The van der Waals surface area contributed by atoms with Gasteiger partial charge < -0.3 is 0 Å². The lowest BCUT2D eigenvalue weighted by atomic mass is 9.82.